The van der Waals surface area contributed by atoms with Gasteiger partial charge in [-0.15, -0.1) is 0 Å². The minimum Gasteiger partial charge on any atom is -0.497 e. The van der Waals surface area contributed by atoms with Gasteiger partial charge in [0.2, 0.25) is 0 Å². The fraction of sp³-hybridized carbons (Fsp3) is 0.222. The van der Waals surface area contributed by atoms with Gasteiger partial charge < -0.3 is 9.26 Å². The van der Waals surface area contributed by atoms with Gasteiger partial charge in [-0.2, -0.15) is 4.98 Å². The van der Waals surface area contributed by atoms with E-state index in [0.717, 1.165) is 0 Å². The topological polar surface area (TPSA) is 94.3 Å². The van der Waals surface area contributed by atoms with Crippen LogP contribution in [0.15, 0.2) is 45.8 Å². The molecule has 0 aliphatic heterocycles. The highest BCUT2D eigenvalue weighted by molar-refractivity contribution is 7.92. The van der Waals surface area contributed by atoms with Crippen molar-refractivity contribution < 1.29 is 17.7 Å². The van der Waals surface area contributed by atoms with E-state index in [1.54, 1.807) is 64.3 Å². The van der Waals surface area contributed by atoms with E-state index in [1.165, 1.54) is 0 Å². The first-order valence-electron chi connectivity index (χ1n) is 7.89. The van der Waals surface area contributed by atoms with Gasteiger partial charge in [-0.25, -0.2) is 8.42 Å². The zero-order valence-electron chi connectivity index (χ0n) is 14.9. The predicted octanol–water partition coefficient (Wildman–Crippen LogP) is 3.47. The molecule has 0 spiro atoms. The molecular weight excluding hydrogens is 354 g/mol. The molecule has 0 saturated carbocycles. The number of ether oxygens (including phenoxy) is 1. The van der Waals surface area contributed by atoms with Crippen molar-refractivity contribution in [2.75, 3.05) is 11.8 Å². The van der Waals surface area contributed by atoms with E-state index in [-0.39, 0.29) is 4.90 Å². The number of hydrogen-bond donors (Lipinski definition) is 1. The highest BCUT2D eigenvalue weighted by atomic mass is 32.2. The number of rotatable bonds is 5. The summed E-state index contributed by atoms with van der Waals surface area (Å²) in [6, 6.07) is 10.2. The normalized spacial score (nSPS) is 11.4. The van der Waals surface area contributed by atoms with Gasteiger partial charge in [-0.3, -0.25) is 4.72 Å². The molecule has 0 saturated heterocycles. The number of methoxy groups -OCH3 is 1. The number of benzene rings is 2. The zero-order valence-corrected chi connectivity index (χ0v) is 15.7. The third-order valence-corrected chi connectivity index (χ3v) is 5.51. The van der Waals surface area contributed by atoms with Crippen LogP contribution >= 0.6 is 0 Å². The molecule has 0 aliphatic rings. The monoisotopic (exact) mass is 373 g/mol. The molecular formula is C18H19N3O4S. The Balaban J connectivity index is 1.96. The number of sulfonamides is 1. The number of nitrogens with zero attached hydrogens (tertiary/aromatic N) is 2. The summed E-state index contributed by atoms with van der Waals surface area (Å²) in [5.41, 5.74) is 2.26. The molecule has 1 heterocycles. The van der Waals surface area contributed by atoms with E-state index >= 15 is 0 Å². The van der Waals surface area contributed by atoms with Crippen molar-refractivity contribution in [1.29, 1.82) is 0 Å². The fourth-order valence-electron chi connectivity index (χ4n) is 2.79. The van der Waals surface area contributed by atoms with Crippen molar-refractivity contribution in [3.8, 4) is 17.2 Å². The third-order valence-electron chi connectivity index (χ3n) is 3.83. The first kappa shape index (κ1) is 17.9. The van der Waals surface area contributed by atoms with Crippen LogP contribution in [0.25, 0.3) is 11.5 Å². The summed E-state index contributed by atoms with van der Waals surface area (Å²) in [6.45, 7) is 5.19. The van der Waals surface area contributed by atoms with Crippen LogP contribution in [0.3, 0.4) is 0 Å². The molecule has 0 unspecified atom stereocenters. The maximum absolute atomic E-state index is 12.9. The lowest BCUT2D eigenvalue weighted by Crippen LogP contribution is -2.16. The maximum Gasteiger partial charge on any atom is 0.262 e. The minimum atomic E-state index is -3.77. The SMILES string of the molecule is COc1cc(C)c(S(=O)(=O)Nc2cccc(-c3nc(C)no3)c2)c(C)c1. The zero-order chi connectivity index (χ0) is 18.9. The van der Waals surface area contributed by atoms with Crippen molar-refractivity contribution in [3.63, 3.8) is 0 Å². The second-order valence-electron chi connectivity index (χ2n) is 5.92. The lowest BCUT2D eigenvalue weighted by molar-refractivity contribution is 0.413. The van der Waals surface area contributed by atoms with Crippen LogP contribution in [0, 0.1) is 20.8 Å². The van der Waals surface area contributed by atoms with Gasteiger partial charge in [-0.1, -0.05) is 11.2 Å². The predicted molar refractivity (Wildman–Crippen MR) is 97.7 cm³/mol. The van der Waals surface area contributed by atoms with Crippen LogP contribution in [0.5, 0.6) is 5.75 Å². The van der Waals surface area contributed by atoms with E-state index < -0.39 is 10.0 Å². The average Bonchev–Trinajstić information content (AvgIpc) is 3.00. The molecule has 0 amide bonds. The van der Waals surface area contributed by atoms with Crippen LogP contribution in [-0.2, 0) is 10.0 Å². The molecule has 0 atom stereocenters. The summed E-state index contributed by atoms with van der Waals surface area (Å²) in [6.07, 6.45) is 0. The van der Waals surface area contributed by atoms with E-state index in [9.17, 15) is 8.42 Å². The molecule has 8 heteroatoms. The summed E-state index contributed by atoms with van der Waals surface area (Å²) in [5, 5.41) is 3.75. The van der Waals surface area contributed by atoms with Crippen LogP contribution < -0.4 is 9.46 Å². The Labute approximate surface area is 152 Å². The number of aromatic nitrogens is 2. The summed E-state index contributed by atoms with van der Waals surface area (Å²) < 4.78 is 38.7. The highest BCUT2D eigenvalue weighted by Crippen LogP contribution is 2.28. The third kappa shape index (κ3) is 3.55. The molecule has 0 bridgehead atoms. The molecule has 0 aliphatic carbocycles. The Bertz CT molecular complexity index is 1030. The Morgan fingerprint density at radius 1 is 1.08 bits per heavy atom. The molecule has 0 fully saturated rings. The van der Waals surface area contributed by atoms with Crippen molar-refractivity contribution in [3.05, 3.63) is 53.3 Å². The van der Waals surface area contributed by atoms with Gasteiger partial charge in [0.25, 0.3) is 15.9 Å². The Kier molecular flexibility index (Phi) is 4.69. The number of anilines is 1. The van der Waals surface area contributed by atoms with E-state index in [4.69, 9.17) is 9.26 Å². The maximum atomic E-state index is 12.9. The van der Waals surface area contributed by atoms with Gasteiger partial charge in [-0.05, 0) is 62.2 Å². The number of nitrogens with one attached hydrogen (secondary N) is 1. The molecule has 136 valence electrons. The highest BCUT2D eigenvalue weighted by Gasteiger charge is 2.21. The Morgan fingerprint density at radius 3 is 2.35 bits per heavy atom. The first-order valence-corrected chi connectivity index (χ1v) is 9.37. The van der Waals surface area contributed by atoms with Gasteiger partial charge in [0.05, 0.1) is 12.0 Å². The summed E-state index contributed by atoms with van der Waals surface area (Å²) >= 11 is 0. The molecule has 26 heavy (non-hydrogen) atoms. The largest absolute Gasteiger partial charge is 0.497 e. The molecule has 2 aromatic carbocycles. The first-order chi connectivity index (χ1) is 12.3. The van der Waals surface area contributed by atoms with E-state index in [1.807, 2.05) is 0 Å². The fourth-order valence-corrected chi connectivity index (χ4v) is 4.29. The van der Waals surface area contributed by atoms with Crippen molar-refractivity contribution >= 4 is 15.7 Å². The molecule has 0 radical (unpaired) electrons. The molecule has 3 rings (SSSR count). The number of hydrogen-bond acceptors (Lipinski definition) is 6. The average molecular weight is 373 g/mol. The van der Waals surface area contributed by atoms with Crippen LogP contribution in [0.4, 0.5) is 5.69 Å². The summed E-state index contributed by atoms with van der Waals surface area (Å²) in [5.74, 6) is 1.46. The van der Waals surface area contributed by atoms with Crippen molar-refractivity contribution in [2.24, 2.45) is 0 Å². The Morgan fingerprint density at radius 2 is 1.77 bits per heavy atom. The second kappa shape index (κ2) is 6.80. The van der Waals surface area contributed by atoms with E-state index in [0.29, 0.717) is 39.8 Å². The van der Waals surface area contributed by atoms with Crippen molar-refractivity contribution in [1.82, 2.24) is 10.1 Å². The van der Waals surface area contributed by atoms with Gasteiger partial charge in [0.1, 0.15) is 5.75 Å². The van der Waals surface area contributed by atoms with Crippen LogP contribution in [-0.4, -0.2) is 25.7 Å². The Hall–Kier alpha value is -2.87. The standard InChI is InChI=1S/C18H19N3O4S/c1-11-8-16(24-4)9-12(2)17(11)26(22,23)21-15-7-5-6-14(10-15)18-19-13(3)20-25-18/h5-10,21H,1-4H3. The summed E-state index contributed by atoms with van der Waals surface area (Å²) in [7, 11) is -2.22. The van der Waals surface area contributed by atoms with Gasteiger partial charge >= 0.3 is 0 Å². The van der Waals surface area contributed by atoms with Gasteiger partial charge in [0.15, 0.2) is 5.82 Å². The van der Waals surface area contributed by atoms with Crippen molar-refractivity contribution in [2.45, 2.75) is 25.7 Å². The lowest BCUT2D eigenvalue weighted by atomic mass is 10.1. The van der Waals surface area contributed by atoms with Crippen LogP contribution in [0.2, 0.25) is 0 Å². The number of aryl methyl sites for hydroxylation is 3. The molecule has 1 N–H and O–H groups in total. The quantitative estimate of drug-likeness (QED) is 0.736. The lowest BCUT2D eigenvalue weighted by Gasteiger charge is -2.14. The summed E-state index contributed by atoms with van der Waals surface area (Å²) in [4.78, 5) is 4.39. The minimum absolute atomic E-state index is 0.234. The van der Waals surface area contributed by atoms with Gasteiger partial charge in [0, 0.05) is 11.3 Å². The molecule has 1 aromatic heterocycles. The molecule has 3 aromatic rings. The van der Waals surface area contributed by atoms with E-state index in [2.05, 4.69) is 14.9 Å². The second-order valence-corrected chi connectivity index (χ2v) is 7.54. The molecule has 7 nitrogen and oxygen atoms in total. The smallest absolute Gasteiger partial charge is 0.262 e. The van der Waals surface area contributed by atoms with Crippen LogP contribution in [0.1, 0.15) is 17.0 Å².